The molecule has 0 unspecified atom stereocenters. The van der Waals surface area contributed by atoms with Crippen molar-refractivity contribution in [2.75, 3.05) is 36.2 Å². The Bertz CT molecular complexity index is 3940. The summed E-state index contributed by atoms with van der Waals surface area (Å²) in [7, 11) is 0. The first-order chi connectivity index (χ1) is 47.2. The average molecular weight is 1470 g/mol. The Hall–Kier alpha value is -8.07. The van der Waals surface area contributed by atoms with Crippen LogP contribution in [-0.2, 0) is 64.8 Å². The first-order valence-electron chi connectivity index (χ1n) is 31.2. The van der Waals surface area contributed by atoms with E-state index in [9.17, 15) is 72.2 Å². The van der Waals surface area contributed by atoms with Crippen molar-refractivity contribution in [3.05, 3.63) is 212 Å². The summed E-state index contributed by atoms with van der Waals surface area (Å²) >= 11 is 5.62. The highest BCUT2D eigenvalue weighted by atomic mass is 32.2. The molecular weight excluding hydrogens is 1410 g/mol. The van der Waals surface area contributed by atoms with E-state index in [1.165, 1.54) is 71.3 Å². The largest absolute Gasteiger partial charge is 0.482 e. The monoisotopic (exact) mass is 1470 g/mol. The summed E-state index contributed by atoms with van der Waals surface area (Å²) in [5, 5.41) is 27.9. The summed E-state index contributed by atoms with van der Waals surface area (Å²) in [5.41, 5.74) is -3.51. The minimum atomic E-state index is -4.98. The van der Waals surface area contributed by atoms with Gasteiger partial charge in [0.1, 0.15) is 23.0 Å². The molecule has 0 spiro atoms. The van der Waals surface area contributed by atoms with E-state index < -0.39 is 107 Å². The summed E-state index contributed by atoms with van der Waals surface area (Å²) in [6, 6.07) is 33.7. The normalized spacial score (nSPS) is 12.1. The van der Waals surface area contributed by atoms with Crippen LogP contribution in [0.3, 0.4) is 0 Å². The molecule has 0 aromatic heterocycles. The van der Waals surface area contributed by atoms with Gasteiger partial charge in [0, 0.05) is 19.6 Å². The third-order valence-corrected chi connectivity index (χ3v) is 19.9. The number of thioether (sulfide) groups is 4. The topological polar surface area (TPSA) is 149 Å². The molecule has 0 fully saturated rings. The Balaban J connectivity index is 0.804. The summed E-state index contributed by atoms with van der Waals surface area (Å²) in [5.74, 6) is -0.628. The molecule has 8 rings (SSSR count). The highest BCUT2D eigenvalue weighted by Crippen LogP contribution is 2.46. The van der Waals surface area contributed by atoms with Gasteiger partial charge in [0.25, 0.3) is 0 Å². The molecular formula is C74H68F12O10S4. The predicted molar refractivity (Wildman–Crippen MR) is 364 cm³/mol. The van der Waals surface area contributed by atoms with Crippen LogP contribution in [0.4, 0.5) is 52.7 Å². The predicted octanol–water partition coefficient (Wildman–Crippen LogP) is 21.0. The first-order valence-corrected chi connectivity index (χ1v) is 35.1. The van der Waals surface area contributed by atoms with Crippen LogP contribution in [0.1, 0.15) is 92.4 Å². The van der Waals surface area contributed by atoms with E-state index in [-0.39, 0.29) is 48.3 Å². The van der Waals surface area contributed by atoms with Crippen LogP contribution in [-0.4, -0.2) is 75.7 Å². The van der Waals surface area contributed by atoms with Gasteiger partial charge in [-0.15, -0.1) is 47.0 Å². The van der Waals surface area contributed by atoms with Crippen LogP contribution >= 0.6 is 47.0 Å². The maximum Gasteiger partial charge on any atom is 0.417 e. The van der Waals surface area contributed by atoms with Gasteiger partial charge in [-0.05, 0) is 266 Å². The lowest BCUT2D eigenvalue weighted by atomic mass is 9.91. The summed E-state index contributed by atoms with van der Waals surface area (Å²) < 4.78 is 198. The summed E-state index contributed by atoms with van der Waals surface area (Å²) in [6.07, 6.45) is -19.2. The highest BCUT2D eigenvalue weighted by molar-refractivity contribution is 8.00. The van der Waals surface area contributed by atoms with Gasteiger partial charge in [-0.25, -0.2) is 14.4 Å². The van der Waals surface area contributed by atoms with Gasteiger partial charge in [-0.2, -0.15) is 52.7 Å². The molecule has 10 nitrogen and oxygen atoms in total. The smallest absolute Gasteiger partial charge is 0.417 e. The Morgan fingerprint density at radius 1 is 0.350 bits per heavy atom. The number of carbonyl (C=O) groups is 3. The lowest BCUT2D eigenvalue weighted by Gasteiger charge is -2.20. The highest BCUT2D eigenvalue weighted by Gasteiger charge is 2.41. The molecule has 8 aromatic rings. The molecule has 100 heavy (non-hydrogen) atoms. The molecule has 0 saturated carbocycles. The second-order valence-corrected chi connectivity index (χ2v) is 28.0. The quantitative estimate of drug-likeness (QED) is 0.0155. The van der Waals surface area contributed by atoms with E-state index in [4.69, 9.17) is 29.2 Å². The van der Waals surface area contributed by atoms with Crippen molar-refractivity contribution in [1.82, 2.24) is 0 Å². The SMILES string of the molecule is Cc1cc(SCCCc2ccc(-c3ccc(CCCSc4ccc(OC(Oc5ccc(SCCCc6ccc(-c7ccc(CCCSc8ccc(OCC(=O)O)c(C)c8)cc7C(F)(F)F)c(C(F)(F)F)c6)cc5C)C(=O)O)c(C)c4)cc3C(F)(F)F)c(C(F)(F)F)c2)ccc1OCC(=O)O. The number of ether oxygens (including phenoxy) is 4. The number of alkyl halides is 12. The zero-order valence-electron chi connectivity index (χ0n) is 54.2. The molecule has 0 amide bonds. The van der Waals surface area contributed by atoms with E-state index in [0.29, 0.717) is 93.6 Å². The molecule has 26 heteroatoms. The molecule has 8 aromatic carbocycles. The Labute approximate surface area is 586 Å². The van der Waals surface area contributed by atoms with Crippen molar-refractivity contribution in [3.63, 3.8) is 0 Å². The van der Waals surface area contributed by atoms with Crippen molar-refractivity contribution >= 4 is 65.0 Å². The lowest BCUT2D eigenvalue weighted by molar-refractivity contribution is -0.158. The van der Waals surface area contributed by atoms with Crippen LogP contribution in [0.2, 0.25) is 0 Å². The van der Waals surface area contributed by atoms with Gasteiger partial charge >= 0.3 is 48.9 Å². The third-order valence-electron chi connectivity index (χ3n) is 15.6. The van der Waals surface area contributed by atoms with E-state index in [1.807, 2.05) is 0 Å². The van der Waals surface area contributed by atoms with Gasteiger partial charge in [0.05, 0.1) is 22.3 Å². The summed E-state index contributed by atoms with van der Waals surface area (Å²) in [6.45, 7) is 5.86. The number of hydrogen-bond donors (Lipinski definition) is 3. The molecule has 0 atom stereocenters. The molecule has 3 N–H and O–H groups in total. The van der Waals surface area contributed by atoms with E-state index in [1.54, 1.807) is 100 Å². The number of carboxylic acid groups (broad SMARTS) is 3. The number of aliphatic carboxylic acids is 3. The van der Waals surface area contributed by atoms with Gasteiger partial charge in [0.2, 0.25) is 0 Å². The average Bonchev–Trinajstić information content (AvgIpc) is 0.777. The summed E-state index contributed by atoms with van der Waals surface area (Å²) in [4.78, 5) is 37.3. The van der Waals surface area contributed by atoms with Crippen molar-refractivity contribution in [2.45, 2.75) is 130 Å². The molecule has 532 valence electrons. The zero-order chi connectivity index (χ0) is 72.7. The minimum Gasteiger partial charge on any atom is -0.482 e. The maximum absolute atomic E-state index is 14.7. The van der Waals surface area contributed by atoms with E-state index >= 15 is 0 Å². The van der Waals surface area contributed by atoms with Crippen molar-refractivity contribution < 1.29 is 101 Å². The molecule has 0 aliphatic carbocycles. The van der Waals surface area contributed by atoms with E-state index in [0.717, 1.165) is 68.1 Å². The van der Waals surface area contributed by atoms with Crippen LogP contribution < -0.4 is 18.9 Å². The van der Waals surface area contributed by atoms with Crippen LogP contribution in [0.25, 0.3) is 22.3 Å². The second kappa shape index (κ2) is 34.5. The molecule has 0 bridgehead atoms. The lowest BCUT2D eigenvalue weighted by Crippen LogP contribution is -2.33. The number of aryl methyl sites for hydroxylation is 8. The Kier molecular flexibility index (Phi) is 26.8. The number of benzene rings is 8. The van der Waals surface area contributed by atoms with Crippen molar-refractivity contribution in [3.8, 4) is 45.3 Å². The van der Waals surface area contributed by atoms with Gasteiger partial charge in [0.15, 0.2) is 13.2 Å². The van der Waals surface area contributed by atoms with Crippen LogP contribution in [0.15, 0.2) is 165 Å². The molecule has 0 aliphatic rings. The van der Waals surface area contributed by atoms with Crippen LogP contribution in [0.5, 0.6) is 23.0 Å². The fourth-order valence-corrected chi connectivity index (χ4v) is 14.6. The fraction of sp³-hybridized carbons (Fsp3) is 0.311. The fourth-order valence-electron chi connectivity index (χ4n) is 10.8. The Morgan fingerprint density at radius 2 is 0.590 bits per heavy atom. The van der Waals surface area contributed by atoms with Gasteiger partial charge in [-0.1, -0.05) is 48.5 Å². The number of rotatable bonds is 33. The number of hydrogen-bond acceptors (Lipinski definition) is 11. The molecule has 0 aliphatic heterocycles. The molecule has 0 radical (unpaired) electrons. The standard InChI is InChI=1S/C74H68F12O10S4/c1-43-33-51(17-25-63(43)93-41-67(87)88)97-29-5-9-47-13-21-55(59(37-47)71(75,76)77)57-23-15-49(39-61(57)73(81,82)83)11-7-31-99-53-19-27-65(45(3)35-53)95-70(69(91)92)96-66-28-20-54(36-46(66)4)100-32-8-12-50-16-24-58(62(40-50)74(84,85)86)56-22-14-48(38-60(56)72(78,79)80)10-6-30-98-52-18-26-64(44(2)34-52)94-42-68(89)90/h13-28,33-40,70H,5-12,29-32,41-42H2,1-4H3,(H,87,88)(H,89,90)(H,91,92). The maximum atomic E-state index is 14.7. The van der Waals surface area contributed by atoms with Crippen LogP contribution in [0, 0.1) is 27.7 Å². The number of halogens is 12. The van der Waals surface area contributed by atoms with E-state index in [2.05, 4.69) is 0 Å². The second-order valence-electron chi connectivity index (χ2n) is 23.3. The Morgan fingerprint density at radius 3 is 0.800 bits per heavy atom. The van der Waals surface area contributed by atoms with Gasteiger partial charge in [-0.3, -0.25) is 0 Å². The molecule has 0 heterocycles. The molecule has 0 saturated heterocycles. The van der Waals surface area contributed by atoms with Crippen molar-refractivity contribution in [2.24, 2.45) is 0 Å². The third kappa shape index (κ3) is 22.5. The first kappa shape index (κ1) is 77.7. The number of carboxylic acids is 3. The minimum absolute atomic E-state index is 0.171. The van der Waals surface area contributed by atoms with Crippen molar-refractivity contribution in [1.29, 1.82) is 0 Å². The van der Waals surface area contributed by atoms with Gasteiger partial charge < -0.3 is 34.3 Å². The zero-order valence-corrected chi connectivity index (χ0v) is 57.5.